The van der Waals surface area contributed by atoms with Crippen LogP contribution in [0.4, 0.5) is 17.1 Å². The number of hydrogen-bond acceptors (Lipinski definition) is 7. The number of nitrogens with zero attached hydrogens (tertiary/aromatic N) is 3. The molecule has 2 rings (SSSR count). The van der Waals surface area contributed by atoms with E-state index in [1.54, 1.807) is 0 Å². The van der Waals surface area contributed by atoms with Gasteiger partial charge in [0.2, 0.25) is 0 Å². The molecule has 1 aliphatic heterocycles. The molecular weight excluding hydrogens is 352 g/mol. The molecule has 0 aromatic heterocycles. The molecule has 1 saturated heterocycles. The number of nitrogens with one attached hydrogen (secondary N) is 1. The van der Waals surface area contributed by atoms with Crippen LogP contribution in [0.1, 0.15) is 38.3 Å². The van der Waals surface area contributed by atoms with E-state index in [1.807, 2.05) is 6.92 Å². The molecule has 0 radical (unpaired) electrons. The minimum absolute atomic E-state index is 0.0923. The second-order valence-corrected chi connectivity index (χ2v) is 7.79. The van der Waals surface area contributed by atoms with Crippen LogP contribution in [0.2, 0.25) is 0 Å². The van der Waals surface area contributed by atoms with Crippen molar-refractivity contribution in [3.63, 3.8) is 0 Å². The normalized spacial score (nSPS) is 21.7. The van der Waals surface area contributed by atoms with E-state index in [1.165, 1.54) is 19.4 Å². The highest BCUT2D eigenvalue weighted by Gasteiger charge is 2.31. The average Bonchev–Trinajstić information content (AvgIpc) is 2.53. The topological polar surface area (TPSA) is 122 Å². The van der Waals surface area contributed by atoms with Gasteiger partial charge in [-0.1, -0.05) is 13.8 Å². The minimum Gasteiger partial charge on any atom is -0.392 e. The molecule has 3 atom stereocenters. The lowest BCUT2D eigenvalue weighted by Gasteiger charge is -2.36. The molecular formula is C18H28N4O5. The Kier molecular flexibility index (Phi) is 6.72. The van der Waals surface area contributed by atoms with E-state index >= 15 is 0 Å². The summed E-state index contributed by atoms with van der Waals surface area (Å²) in [5.41, 5.74) is -0.400. The second-order valence-electron chi connectivity index (χ2n) is 7.79. The molecule has 9 heteroatoms. The highest BCUT2D eigenvalue weighted by molar-refractivity contribution is 5.78. The first-order chi connectivity index (χ1) is 12.6. The van der Waals surface area contributed by atoms with Crippen molar-refractivity contribution in [2.45, 2.75) is 46.8 Å². The lowest BCUT2D eigenvalue weighted by molar-refractivity contribution is -0.392. The Morgan fingerprint density at radius 2 is 1.85 bits per heavy atom. The van der Waals surface area contributed by atoms with Crippen molar-refractivity contribution in [3.05, 3.63) is 37.4 Å². The fourth-order valence-electron chi connectivity index (χ4n) is 4.11. The Bertz CT molecular complexity index is 714. The third-order valence-corrected chi connectivity index (χ3v) is 5.06. The molecule has 1 aromatic carbocycles. The lowest BCUT2D eigenvalue weighted by Crippen LogP contribution is -2.43. The molecule has 0 aliphatic carbocycles. The Hall–Kier alpha value is -2.26. The van der Waals surface area contributed by atoms with Crippen molar-refractivity contribution in [2.75, 3.05) is 25.0 Å². The fraction of sp³-hybridized carbons (Fsp3) is 0.667. The molecule has 0 amide bonds. The summed E-state index contributed by atoms with van der Waals surface area (Å²) in [5, 5.41) is 35.5. The molecule has 0 saturated carbocycles. The number of aliphatic hydroxyl groups is 1. The lowest BCUT2D eigenvalue weighted by atomic mass is 9.91. The first kappa shape index (κ1) is 21.0. The van der Waals surface area contributed by atoms with Gasteiger partial charge in [-0.25, -0.2) is 0 Å². The zero-order valence-electron chi connectivity index (χ0n) is 16.3. The monoisotopic (exact) mass is 380 g/mol. The summed E-state index contributed by atoms with van der Waals surface area (Å²) < 4.78 is 0. The summed E-state index contributed by atoms with van der Waals surface area (Å²) in [6.07, 6.45) is 1.18. The highest BCUT2D eigenvalue weighted by atomic mass is 16.6. The molecule has 0 bridgehead atoms. The van der Waals surface area contributed by atoms with Gasteiger partial charge in [0, 0.05) is 37.3 Å². The van der Waals surface area contributed by atoms with Gasteiger partial charge in [0.1, 0.15) is 0 Å². The number of hydrogen-bond donors (Lipinski definition) is 2. The number of aliphatic hydroxyl groups excluding tert-OH is 1. The van der Waals surface area contributed by atoms with Gasteiger partial charge in [-0.15, -0.1) is 0 Å². The first-order valence-corrected chi connectivity index (χ1v) is 9.19. The summed E-state index contributed by atoms with van der Waals surface area (Å²) in [6, 6.07) is 1.00. The molecule has 1 aliphatic rings. The van der Waals surface area contributed by atoms with Gasteiger partial charge in [-0.2, -0.15) is 0 Å². The molecule has 27 heavy (non-hydrogen) atoms. The van der Waals surface area contributed by atoms with Crippen molar-refractivity contribution in [1.82, 2.24) is 4.90 Å². The van der Waals surface area contributed by atoms with E-state index in [0.29, 0.717) is 18.4 Å². The molecule has 150 valence electrons. The average molecular weight is 380 g/mol. The third kappa shape index (κ3) is 4.92. The Morgan fingerprint density at radius 1 is 1.26 bits per heavy atom. The van der Waals surface area contributed by atoms with E-state index in [0.717, 1.165) is 13.1 Å². The number of anilines is 1. The number of benzene rings is 1. The van der Waals surface area contributed by atoms with Crippen molar-refractivity contribution in [2.24, 2.45) is 11.8 Å². The summed E-state index contributed by atoms with van der Waals surface area (Å²) in [6.45, 7) is 9.81. The van der Waals surface area contributed by atoms with Crippen molar-refractivity contribution >= 4 is 17.1 Å². The third-order valence-electron chi connectivity index (χ3n) is 5.06. The fourth-order valence-corrected chi connectivity index (χ4v) is 4.11. The van der Waals surface area contributed by atoms with Crippen LogP contribution in [0.5, 0.6) is 0 Å². The second kappa shape index (κ2) is 8.62. The number of rotatable bonds is 7. The van der Waals surface area contributed by atoms with Crippen molar-refractivity contribution < 1.29 is 15.0 Å². The zero-order chi connectivity index (χ0) is 20.3. The van der Waals surface area contributed by atoms with Crippen LogP contribution in [0.3, 0.4) is 0 Å². The van der Waals surface area contributed by atoms with Crippen LogP contribution in [-0.4, -0.2) is 45.5 Å². The van der Waals surface area contributed by atoms with Gasteiger partial charge in [0.15, 0.2) is 5.69 Å². The summed E-state index contributed by atoms with van der Waals surface area (Å²) in [7, 11) is 0. The number of nitro groups is 2. The quantitative estimate of drug-likeness (QED) is 0.550. The van der Waals surface area contributed by atoms with Crippen molar-refractivity contribution in [3.8, 4) is 0 Å². The molecule has 2 N–H and O–H groups in total. The van der Waals surface area contributed by atoms with Gasteiger partial charge in [-0.05, 0) is 37.7 Å². The summed E-state index contributed by atoms with van der Waals surface area (Å²) in [4.78, 5) is 24.1. The maximum atomic E-state index is 11.6. The van der Waals surface area contributed by atoms with E-state index in [2.05, 4.69) is 24.1 Å². The molecule has 9 nitrogen and oxygen atoms in total. The highest BCUT2D eigenvalue weighted by Crippen LogP contribution is 2.39. The number of nitro benzene ring substituents is 2. The number of piperidine rings is 1. The van der Waals surface area contributed by atoms with E-state index in [4.69, 9.17) is 0 Å². The largest absolute Gasteiger partial charge is 0.392 e. The predicted molar refractivity (Wildman–Crippen MR) is 103 cm³/mol. The predicted octanol–water partition coefficient (Wildman–Crippen LogP) is 3.08. The standard InChI is InChI=1S/C18H28N4O5/c1-11-5-12(2)8-20(7-11)9-13(3)19-17-16(21(24)25)6-15(10-23)14(4)18(17)22(26)27/h6,11-13,19,23H,5,7-10H2,1-4H3. The Balaban J connectivity index is 2.32. The molecule has 1 heterocycles. The van der Waals surface area contributed by atoms with Gasteiger partial charge in [0.25, 0.3) is 5.69 Å². The maximum Gasteiger partial charge on any atom is 0.302 e. The Labute approximate surface area is 158 Å². The van der Waals surface area contributed by atoms with E-state index in [-0.39, 0.29) is 34.2 Å². The van der Waals surface area contributed by atoms with E-state index in [9.17, 15) is 25.3 Å². The SMILES string of the molecule is Cc1c(CO)cc([N+](=O)[O-])c(NC(C)CN2CC(C)CC(C)C2)c1[N+](=O)[O-]. The van der Waals surface area contributed by atoms with Gasteiger partial charge >= 0.3 is 5.69 Å². The van der Waals surface area contributed by atoms with Crippen LogP contribution in [0.15, 0.2) is 6.07 Å². The van der Waals surface area contributed by atoms with Crippen LogP contribution in [-0.2, 0) is 6.61 Å². The minimum atomic E-state index is -0.647. The van der Waals surface area contributed by atoms with Gasteiger partial charge in [0.05, 0.1) is 16.5 Å². The molecule has 0 spiro atoms. The molecule has 1 aromatic rings. The van der Waals surface area contributed by atoms with Gasteiger partial charge < -0.3 is 15.3 Å². The van der Waals surface area contributed by atoms with Crippen molar-refractivity contribution in [1.29, 1.82) is 0 Å². The van der Waals surface area contributed by atoms with E-state index < -0.39 is 16.5 Å². The first-order valence-electron chi connectivity index (χ1n) is 9.19. The summed E-state index contributed by atoms with van der Waals surface area (Å²) in [5.74, 6) is 1.16. The smallest absolute Gasteiger partial charge is 0.302 e. The number of likely N-dealkylation sites (tertiary alicyclic amines) is 1. The van der Waals surface area contributed by atoms with Crippen LogP contribution < -0.4 is 5.32 Å². The maximum absolute atomic E-state index is 11.6. The summed E-state index contributed by atoms with van der Waals surface area (Å²) >= 11 is 0. The molecule has 1 fully saturated rings. The Morgan fingerprint density at radius 3 is 2.33 bits per heavy atom. The van der Waals surface area contributed by atoms with Crippen LogP contribution in [0, 0.1) is 39.0 Å². The van der Waals surface area contributed by atoms with Gasteiger partial charge in [-0.3, -0.25) is 20.2 Å². The molecule has 3 unspecified atom stereocenters. The zero-order valence-corrected chi connectivity index (χ0v) is 16.3. The van der Waals surface area contributed by atoms with Crippen LogP contribution in [0.25, 0.3) is 0 Å². The van der Waals surface area contributed by atoms with Crippen LogP contribution >= 0.6 is 0 Å².